The van der Waals surface area contributed by atoms with Crippen LogP contribution in [0.3, 0.4) is 0 Å². The second-order valence-corrected chi connectivity index (χ2v) is 16.5. The first kappa shape index (κ1) is 32.5. The molecule has 0 bridgehead atoms. The zero-order chi connectivity index (χ0) is 39.0. The summed E-state index contributed by atoms with van der Waals surface area (Å²) in [6.45, 7) is 4.68. The number of benzene rings is 8. The summed E-state index contributed by atoms with van der Waals surface area (Å²) < 4.78 is 4.62. The number of nitrogens with zero attached hydrogens (tertiary/aromatic N) is 5. The van der Waals surface area contributed by atoms with Crippen molar-refractivity contribution in [2.45, 2.75) is 19.3 Å². The number of pyridine rings is 1. The van der Waals surface area contributed by atoms with Gasteiger partial charge in [-0.3, -0.25) is 9.55 Å². The minimum atomic E-state index is -0.220. The second-order valence-electron chi connectivity index (χ2n) is 16.5. The maximum Gasteiger partial charge on any atom is 0.235 e. The van der Waals surface area contributed by atoms with Gasteiger partial charge in [-0.2, -0.15) is 0 Å². The van der Waals surface area contributed by atoms with Gasteiger partial charge in [-0.05, 0) is 75.5 Å². The molecule has 4 heterocycles. The first-order chi connectivity index (χ1) is 29.0. The van der Waals surface area contributed by atoms with E-state index < -0.39 is 0 Å². The predicted molar refractivity (Wildman–Crippen MR) is 244 cm³/mol. The molecule has 59 heavy (non-hydrogen) atoms. The van der Waals surface area contributed by atoms with Gasteiger partial charge < -0.3 is 4.57 Å². The third kappa shape index (κ3) is 4.42. The molecule has 5 nitrogen and oxygen atoms in total. The van der Waals surface area contributed by atoms with E-state index in [1.807, 2.05) is 12.4 Å². The Morgan fingerprint density at radius 3 is 1.78 bits per heavy atom. The molecule has 0 radical (unpaired) electrons. The Morgan fingerprint density at radius 2 is 1.03 bits per heavy atom. The summed E-state index contributed by atoms with van der Waals surface area (Å²) in [6, 6.07) is 59.3. The third-order valence-electron chi connectivity index (χ3n) is 12.9. The van der Waals surface area contributed by atoms with Gasteiger partial charge in [0, 0.05) is 54.9 Å². The first-order valence-corrected chi connectivity index (χ1v) is 20.3. The lowest BCUT2D eigenvalue weighted by molar-refractivity contribution is 0.649. The Kier molecular flexibility index (Phi) is 6.44. The molecular formula is C54H35N5. The van der Waals surface area contributed by atoms with Crippen molar-refractivity contribution in [1.82, 2.24) is 24.1 Å². The summed E-state index contributed by atoms with van der Waals surface area (Å²) in [4.78, 5) is 15.6. The van der Waals surface area contributed by atoms with Gasteiger partial charge in [-0.1, -0.05) is 135 Å². The van der Waals surface area contributed by atoms with Gasteiger partial charge in [0.25, 0.3) is 0 Å². The Balaban J connectivity index is 1.03. The van der Waals surface area contributed by atoms with Crippen molar-refractivity contribution in [2.75, 3.05) is 0 Å². The molecule has 0 aliphatic heterocycles. The highest BCUT2D eigenvalue weighted by Gasteiger charge is 2.36. The molecule has 1 aliphatic carbocycles. The van der Waals surface area contributed by atoms with Crippen LogP contribution in [0.1, 0.15) is 25.0 Å². The van der Waals surface area contributed by atoms with Gasteiger partial charge in [0.2, 0.25) is 5.95 Å². The van der Waals surface area contributed by atoms with Gasteiger partial charge in [-0.15, -0.1) is 0 Å². The molecule has 0 spiro atoms. The van der Waals surface area contributed by atoms with Gasteiger partial charge in [0.05, 0.1) is 45.2 Å². The average Bonchev–Trinajstić information content (AvgIpc) is 3.79. The molecule has 0 saturated carbocycles. The van der Waals surface area contributed by atoms with Gasteiger partial charge >= 0.3 is 0 Å². The van der Waals surface area contributed by atoms with Crippen LogP contribution in [0.4, 0.5) is 0 Å². The minimum Gasteiger partial charge on any atom is -0.307 e. The number of hydrogen-bond donors (Lipinski definition) is 0. The molecule has 276 valence electrons. The quantitative estimate of drug-likeness (QED) is 0.169. The molecule has 0 amide bonds. The molecule has 12 aromatic rings. The van der Waals surface area contributed by atoms with Crippen LogP contribution in [0, 0.1) is 0 Å². The molecule has 0 atom stereocenters. The summed E-state index contributed by atoms with van der Waals surface area (Å²) in [5.74, 6) is 0.680. The average molecular weight is 754 g/mol. The highest BCUT2D eigenvalue weighted by molar-refractivity contribution is 6.14. The maximum absolute atomic E-state index is 5.52. The van der Waals surface area contributed by atoms with E-state index in [1.165, 1.54) is 60.0 Å². The lowest BCUT2D eigenvalue weighted by Crippen LogP contribution is -2.25. The van der Waals surface area contributed by atoms with E-state index in [0.717, 1.165) is 55.3 Å². The number of para-hydroxylation sites is 2. The lowest BCUT2D eigenvalue weighted by atomic mass is 9.68. The van der Waals surface area contributed by atoms with Crippen LogP contribution in [0.2, 0.25) is 0 Å². The van der Waals surface area contributed by atoms with Crippen LogP contribution in [-0.2, 0) is 5.41 Å². The zero-order valence-electron chi connectivity index (χ0n) is 32.5. The van der Waals surface area contributed by atoms with Crippen molar-refractivity contribution < 1.29 is 0 Å². The largest absolute Gasteiger partial charge is 0.307 e. The normalized spacial score (nSPS) is 13.4. The number of fused-ring (bicyclic) bond motifs is 11. The van der Waals surface area contributed by atoms with Crippen LogP contribution in [0.15, 0.2) is 176 Å². The summed E-state index contributed by atoms with van der Waals surface area (Å²) in [7, 11) is 0. The number of rotatable bonds is 3. The van der Waals surface area contributed by atoms with Crippen molar-refractivity contribution in [3.8, 4) is 34.0 Å². The SMILES string of the molecule is CC1(C)c2ccccc2-c2nc(-n3c4ccccc4c4cc(-c5ccc6c(c5)c5ccccc5n6-c5cncc6ccccc56)ccc43)nc3cc4ccccc4c1c23. The van der Waals surface area contributed by atoms with E-state index in [2.05, 4.69) is 192 Å². The van der Waals surface area contributed by atoms with Crippen molar-refractivity contribution in [3.63, 3.8) is 0 Å². The molecule has 0 saturated heterocycles. The second kappa shape index (κ2) is 11.7. The standard InChI is InChI=1S/C54H35N5/c1-54(2)43-20-10-7-19-40(43)52-50-44(29-34-13-3-6-16-37(34)51(50)54)56-53(57-52)59-46-22-12-9-18-39(46)42-28-33(24-26-48(42)59)32-23-25-47-41(27-32)38-17-8-11-21-45(38)58(47)49-31-55-30-35-14-4-5-15-36(35)49/h3-31H,1-2H3. The van der Waals surface area contributed by atoms with Crippen LogP contribution in [0.5, 0.6) is 0 Å². The highest BCUT2D eigenvalue weighted by Crippen LogP contribution is 2.50. The number of hydrogen-bond acceptors (Lipinski definition) is 3. The van der Waals surface area contributed by atoms with Gasteiger partial charge in [-0.25, -0.2) is 9.97 Å². The van der Waals surface area contributed by atoms with Crippen LogP contribution in [-0.4, -0.2) is 24.1 Å². The molecule has 1 aliphatic rings. The molecular weight excluding hydrogens is 719 g/mol. The van der Waals surface area contributed by atoms with Gasteiger partial charge in [0.15, 0.2) is 0 Å². The number of aromatic nitrogens is 5. The van der Waals surface area contributed by atoms with E-state index in [4.69, 9.17) is 9.97 Å². The van der Waals surface area contributed by atoms with Crippen molar-refractivity contribution in [1.29, 1.82) is 0 Å². The Labute approximate surface area is 339 Å². The van der Waals surface area contributed by atoms with E-state index in [1.54, 1.807) is 0 Å². The topological polar surface area (TPSA) is 48.5 Å². The van der Waals surface area contributed by atoms with Crippen LogP contribution >= 0.6 is 0 Å². The van der Waals surface area contributed by atoms with Crippen LogP contribution < -0.4 is 0 Å². The lowest BCUT2D eigenvalue weighted by Gasteiger charge is -2.35. The summed E-state index contributed by atoms with van der Waals surface area (Å²) >= 11 is 0. The fraction of sp³-hybridized carbons (Fsp3) is 0.0556. The maximum atomic E-state index is 5.52. The van der Waals surface area contributed by atoms with Crippen molar-refractivity contribution in [2.24, 2.45) is 0 Å². The fourth-order valence-electron chi connectivity index (χ4n) is 10.3. The molecule has 0 unspecified atom stereocenters. The summed E-state index contributed by atoms with van der Waals surface area (Å²) in [5, 5.41) is 10.7. The van der Waals surface area contributed by atoms with Crippen LogP contribution in [0.25, 0.3) is 110 Å². The Hall–Kier alpha value is -7.63. The highest BCUT2D eigenvalue weighted by atomic mass is 15.2. The van der Waals surface area contributed by atoms with E-state index >= 15 is 0 Å². The smallest absolute Gasteiger partial charge is 0.235 e. The first-order valence-electron chi connectivity index (χ1n) is 20.3. The summed E-state index contributed by atoms with van der Waals surface area (Å²) in [6.07, 6.45) is 3.93. The van der Waals surface area contributed by atoms with Crippen molar-refractivity contribution in [3.05, 3.63) is 187 Å². The summed E-state index contributed by atoms with van der Waals surface area (Å²) in [5.41, 5.74) is 13.4. The molecule has 4 aromatic heterocycles. The third-order valence-corrected chi connectivity index (χ3v) is 12.9. The minimum absolute atomic E-state index is 0.220. The van der Waals surface area contributed by atoms with Gasteiger partial charge in [0.1, 0.15) is 0 Å². The Bertz CT molecular complexity index is 3770. The van der Waals surface area contributed by atoms with E-state index in [9.17, 15) is 0 Å². The molecule has 8 aromatic carbocycles. The molecule has 0 N–H and O–H groups in total. The Morgan fingerprint density at radius 1 is 0.458 bits per heavy atom. The molecule has 0 fully saturated rings. The molecule has 13 rings (SSSR count). The molecule has 5 heteroatoms. The van der Waals surface area contributed by atoms with E-state index in [-0.39, 0.29) is 5.41 Å². The monoisotopic (exact) mass is 753 g/mol. The zero-order valence-corrected chi connectivity index (χ0v) is 32.5. The fourth-order valence-corrected chi connectivity index (χ4v) is 10.3. The van der Waals surface area contributed by atoms with E-state index in [0.29, 0.717) is 5.95 Å². The predicted octanol–water partition coefficient (Wildman–Crippen LogP) is 13.5. The van der Waals surface area contributed by atoms with Crippen molar-refractivity contribution >= 4 is 76.1 Å².